The lowest BCUT2D eigenvalue weighted by Crippen LogP contribution is -2.20. The molecule has 0 aromatic heterocycles. The zero-order valence-electron chi connectivity index (χ0n) is 34.7. The van der Waals surface area contributed by atoms with Crippen LogP contribution in [0.25, 0.3) is 0 Å². The van der Waals surface area contributed by atoms with Gasteiger partial charge in [-0.05, 0) is 106 Å². The molecular formula is C44H83NO4. The Kier molecular flexibility index (Phi) is 37.3. The van der Waals surface area contributed by atoms with Crippen LogP contribution in [-0.2, 0) is 9.59 Å². The number of hydrogen-bond donors (Lipinski definition) is 0. The number of unbranched alkanes of at least 4 members (excludes halogenated alkanes) is 5. The third-order valence-corrected chi connectivity index (χ3v) is 9.56. The topological polar surface area (TPSA) is 55.8 Å². The van der Waals surface area contributed by atoms with E-state index in [1.54, 1.807) is 0 Å². The SMILES string of the molecule is C=CCC[C@H](C)CC(CC)c1ccc2c(c1)OCO2.CC=O.CCC(C)(C)CC.CCC(C)CC=O.CCCCCCCN(C)CCCC. The fourth-order valence-electron chi connectivity index (χ4n) is 4.82. The molecule has 3 atom stereocenters. The summed E-state index contributed by atoms with van der Waals surface area (Å²) in [5, 5.41) is 0. The number of allylic oxidation sites excluding steroid dienone is 1. The van der Waals surface area contributed by atoms with Gasteiger partial charge in [-0.3, -0.25) is 0 Å². The predicted octanol–water partition coefficient (Wildman–Crippen LogP) is 13.2. The van der Waals surface area contributed by atoms with E-state index in [4.69, 9.17) is 14.3 Å². The lowest BCUT2D eigenvalue weighted by molar-refractivity contribution is -0.108. The maximum Gasteiger partial charge on any atom is 0.231 e. The van der Waals surface area contributed by atoms with Crippen LogP contribution in [0.5, 0.6) is 11.5 Å². The summed E-state index contributed by atoms with van der Waals surface area (Å²) in [7, 11) is 2.25. The van der Waals surface area contributed by atoms with Gasteiger partial charge in [-0.15, -0.1) is 6.58 Å². The van der Waals surface area contributed by atoms with E-state index < -0.39 is 0 Å². The standard InChI is InChI=1S/C17H24O2.C12H27N.C7H16.C6H12O.C2H4O/c1-4-6-7-13(3)10-14(5-2)15-8-9-16-17(11-15)19-12-18-16;1-4-6-8-9-10-12-13(3)11-7-5-2;1-5-7(3,4)6-2;1-3-6(2)4-5-7;1-2-3/h4,8-9,11,13-14H,1,5-7,10,12H2,2-3H3;4-12H2,1-3H3;5-6H2,1-4H3;5-6H,3-4H2,1-2H3;2H,1H3/t13-,14?;;;;/m0..../s1. The second-order valence-corrected chi connectivity index (χ2v) is 14.5. The number of hydrogen-bond acceptors (Lipinski definition) is 5. The normalized spacial score (nSPS) is 13.1. The van der Waals surface area contributed by atoms with E-state index in [0.717, 1.165) is 55.7 Å². The van der Waals surface area contributed by atoms with Gasteiger partial charge in [0.05, 0.1) is 0 Å². The van der Waals surface area contributed by atoms with Gasteiger partial charge in [0.2, 0.25) is 6.79 Å². The molecule has 0 fully saturated rings. The van der Waals surface area contributed by atoms with Crippen LogP contribution in [0.4, 0.5) is 0 Å². The average molecular weight is 690 g/mol. The summed E-state index contributed by atoms with van der Waals surface area (Å²) < 4.78 is 10.8. The molecule has 0 spiro atoms. The first-order valence-electron chi connectivity index (χ1n) is 19.9. The number of nitrogens with zero attached hydrogens (tertiary/aromatic N) is 1. The molecule has 1 heterocycles. The summed E-state index contributed by atoms with van der Waals surface area (Å²) in [6, 6.07) is 6.37. The molecule has 0 saturated heterocycles. The molecule has 5 heteroatoms. The number of ether oxygens (including phenoxy) is 2. The fraction of sp³-hybridized carbons (Fsp3) is 0.773. The van der Waals surface area contributed by atoms with Gasteiger partial charge >= 0.3 is 0 Å². The van der Waals surface area contributed by atoms with E-state index in [-0.39, 0.29) is 0 Å². The Hall–Kier alpha value is -2.14. The van der Waals surface area contributed by atoms with E-state index in [1.165, 1.54) is 96.2 Å². The average Bonchev–Trinajstić information content (AvgIpc) is 3.58. The molecule has 0 radical (unpaired) electrons. The maximum absolute atomic E-state index is 9.77. The van der Waals surface area contributed by atoms with Crippen molar-refractivity contribution in [1.29, 1.82) is 0 Å². The van der Waals surface area contributed by atoms with Gasteiger partial charge < -0.3 is 24.0 Å². The lowest BCUT2D eigenvalue weighted by atomic mass is 9.86. The minimum atomic E-state index is 0.352. The molecular weight excluding hydrogens is 606 g/mol. The number of rotatable bonds is 21. The van der Waals surface area contributed by atoms with Gasteiger partial charge in [0.15, 0.2) is 11.5 Å². The first-order valence-corrected chi connectivity index (χ1v) is 19.9. The third-order valence-electron chi connectivity index (χ3n) is 9.56. The number of benzene rings is 1. The van der Waals surface area contributed by atoms with Crippen LogP contribution in [0.15, 0.2) is 30.9 Å². The second-order valence-electron chi connectivity index (χ2n) is 14.5. The Bertz CT molecular complexity index is 878. The molecule has 1 aromatic rings. The Morgan fingerprint density at radius 2 is 1.41 bits per heavy atom. The highest BCUT2D eigenvalue weighted by Crippen LogP contribution is 2.37. The largest absolute Gasteiger partial charge is 0.454 e. The summed E-state index contributed by atoms with van der Waals surface area (Å²) >= 11 is 0. The number of carbonyl (C=O) groups excluding carboxylic acids is 2. The van der Waals surface area contributed by atoms with Crippen LogP contribution in [0.3, 0.4) is 0 Å². The summed E-state index contributed by atoms with van der Waals surface area (Å²) in [5.41, 5.74) is 1.96. The predicted molar refractivity (Wildman–Crippen MR) is 216 cm³/mol. The summed E-state index contributed by atoms with van der Waals surface area (Å²) in [5.74, 6) is 3.69. The fourth-order valence-corrected chi connectivity index (χ4v) is 4.82. The van der Waals surface area contributed by atoms with Gasteiger partial charge in [-0.2, -0.15) is 0 Å². The highest BCUT2D eigenvalue weighted by molar-refractivity contribution is 5.49. The van der Waals surface area contributed by atoms with Crippen molar-refractivity contribution in [3.8, 4) is 11.5 Å². The van der Waals surface area contributed by atoms with Crippen LogP contribution in [0.1, 0.15) is 184 Å². The first-order chi connectivity index (χ1) is 23.4. The third kappa shape index (κ3) is 31.6. The molecule has 288 valence electrons. The van der Waals surface area contributed by atoms with Crippen molar-refractivity contribution in [1.82, 2.24) is 4.90 Å². The molecule has 0 amide bonds. The first kappa shape index (κ1) is 51.2. The van der Waals surface area contributed by atoms with Gasteiger partial charge in [-0.1, -0.05) is 133 Å². The molecule has 0 aliphatic carbocycles. The Morgan fingerprint density at radius 3 is 1.88 bits per heavy atom. The lowest BCUT2D eigenvalue weighted by Gasteiger charge is -2.20. The monoisotopic (exact) mass is 690 g/mol. The van der Waals surface area contributed by atoms with Gasteiger partial charge in [0.25, 0.3) is 0 Å². The van der Waals surface area contributed by atoms with Crippen LogP contribution < -0.4 is 9.47 Å². The second kappa shape index (κ2) is 35.7. The Balaban J connectivity index is -0.000000611. The highest BCUT2D eigenvalue weighted by atomic mass is 16.7. The van der Waals surface area contributed by atoms with Crippen molar-refractivity contribution in [2.45, 2.75) is 178 Å². The minimum absolute atomic E-state index is 0.352. The Morgan fingerprint density at radius 1 is 0.837 bits per heavy atom. The zero-order valence-corrected chi connectivity index (χ0v) is 34.7. The quantitative estimate of drug-likeness (QED) is 0.0730. The van der Waals surface area contributed by atoms with Crippen molar-refractivity contribution in [2.75, 3.05) is 26.9 Å². The molecule has 1 aliphatic rings. The zero-order chi connectivity index (χ0) is 37.9. The smallest absolute Gasteiger partial charge is 0.231 e. The molecule has 1 aliphatic heterocycles. The number of aldehydes is 2. The number of carbonyl (C=O) groups is 2. The highest BCUT2D eigenvalue weighted by Gasteiger charge is 2.18. The van der Waals surface area contributed by atoms with Crippen LogP contribution in [0.2, 0.25) is 0 Å². The van der Waals surface area contributed by atoms with Crippen molar-refractivity contribution < 1.29 is 19.1 Å². The van der Waals surface area contributed by atoms with Crippen molar-refractivity contribution in [3.05, 3.63) is 36.4 Å². The molecule has 49 heavy (non-hydrogen) atoms. The molecule has 2 rings (SSSR count). The Labute approximate surface area is 306 Å². The van der Waals surface area contributed by atoms with Crippen LogP contribution in [0, 0.1) is 17.3 Å². The van der Waals surface area contributed by atoms with E-state index in [2.05, 4.69) is 99.9 Å². The molecule has 0 bridgehead atoms. The molecule has 2 unspecified atom stereocenters. The van der Waals surface area contributed by atoms with E-state index >= 15 is 0 Å². The summed E-state index contributed by atoms with van der Waals surface area (Å²) in [6.07, 6.45) is 22.6. The van der Waals surface area contributed by atoms with Gasteiger partial charge in [0.1, 0.15) is 12.6 Å². The summed E-state index contributed by atoms with van der Waals surface area (Å²) in [6.45, 7) is 30.5. The molecule has 1 aromatic carbocycles. The molecule has 0 N–H and O–H groups in total. The van der Waals surface area contributed by atoms with Crippen LogP contribution in [-0.4, -0.2) is 44.4 Å². The van der Waals surface area contributed by atoms with Crippen molar-refractivity contribution in [2.24, 2.45) is 17.3 Å². The van der Waals surface area contributed by atoms with E-state index in [1.807, 2.05) is 12.1 Å². The van der Waals surface area contributed by atoms with E-state index in [9.17, 15) is 4.79 Å². The van der Waals surface area contributed by atoms with Crippen molar-refractivity contribution in [3.63, 3.8) is 0 Å². The van der Waals surface area contributed by atoms with Crippen LogP contribution >= 0.6 is 0 Å². The van der Waals surface area contributed by atoms with Gasteiger partial charge in [-0.25, -0.2) is 0 Å². The van der Waals surface area contributed by atoms with Gasteiger partial charge in [0, 0.05) is 6.42 Å². The number of fused-ring (bicyclic) bond motifs is 1. The minimum Gasteiger partial charge on any atom is -0.454 e. The van der Waals surface area contributed by atoms with Crippen molar-refractivity contribution >= 4 is 12.6 Å². The maximum atomic E-state index is 9.77. The molecule has 5 nitrogen and oxygen atoms in total. The molecule has 0 saturated carbocycles. The van der Waals surface area contributed by atoms with E-state index in [0.29, 0.717) is 24.0 Å². The summed E-state index contributed by atoms with van der Waals surface area (Å²) in [4.78, 5) is 21.0.